The minimum Gasteiger partial charge on any atom is -0.390 e. The monoisotopic (exact) mass is 571 g/mol. The topological polar surface area (TPSA) is 138 Å². The van der Waals surface area contributed by atoms with Gasteiger partial charge >= 0.3 is 6.18 Å². The largest absolute Gasteiger partial charge is 0.404 e. The lowest BCUT2D eigenvalue weighted by atomic mass is 9.99. The molecule has 0 unspecified atom stereocenters. The van der Waals surface area contributed by atoms with Crippen molar-refractivity contribution in [2.45, 2.75) is 56.1 Å². The molecule has 2 aromatic carbocycles. The summed E-state index contributed by atoms with van der Waals surface area (Å²) in [5, 5.41) is 17.0. The van der Waals surface area contributed by atoms with E-state index in [1.165, 1.54) is 11.0 Å². The van der Waals surface area contributed by atoms with Crippen molar-refractivity contribution in [1.29, 1.82) is 0 Å². The Morgan fingerprint density at radius 2 is 1.73 bits per heavy atom. The first kappa shape index (κ1) is 29.9. The van der Waals surface area contributed by atoms with E-state index in [0.717, 1.165) is 10.9 Å². The zero-order valence-corrected chi connectivity index (χ0v) is 22.2. The van der Waals surface area contributed by atoms with Gasteiger partial charge in [-0.3, -0.25) is 19.3 Å². The Balaban J connectivity index is 1.52. The summed E-state index contributed by atoms with van der Waals surface area (Å²) < 4.78 is 40.5. The summed E-state index contributed by atoms with van der Waals surface area (Å²) in [6, 6.07) is 15.0. The Bertz CT molecular complexity index is 1370. The zero-order valence-electron chi connectivity index (χ0n) is 22.2. The number of halogens is 3. The first-order chi connectivity index (χ1) is 19.5. The van der Waals surface area contributed by atoms with Crippen LogP contribution in [0.3, 0.4) is 0 Å². The number of rotatable bonds is 11. The standard InChI is InChI=1S/C29H32F3N5O4/c30-29(31,32)25-11-6-14-37(25)17-24(38)22(15-18-7-2-1-3-8-18)35-28(41)23(16-26(33)39)36-27(40)21-13-12-19-9-4-5-10-20(19)34-21/h1-5,7-10,12-13,22-25,38H,6,11,14-17H2,(H2,33,39)(H,35,41)(H,36,40)/t22-,23-,24-,25-/m0/s1. The number of carbonyl (C=O) groups is 3. The molecule has 12 heteroatoms. The number of aromatic nitrogens is 1. The van der Waals surface area contributed by atoms with Crippen molar-refractivity contribution in [1.82, 2.24) is 20.5 Å². The summed E-state index contributed by atoms with van der Waals surface area (Å²) >= 11 is 0. The Hall–Kier alpha value is -4.03. The van der Waals surface area contributed by atoms with Crippen LogP contribution in [0.5, 0.6) is 0 Å². The zero-order chi connectivity index (χ0) is 29.6. The predicted octanol–water partition coefficient (Wildman–Crippen LogP) is 2.32. The third-order valence-electron chi connectivity index (χ3n) is 7.11. The maximum absolute atomic E-state index is 13.5. The Labute approximate surface area is 234 Å². The number of nitrogens with zero attached hydrogens (tertiary/aromatic N) is 2. The quantitative estimate of drug-likeness (QED) is 0.279. The van der Waals surface area contributed by atoms with E-state index in [1.54, 1.807) is 48.5 Å². The Kier molecular flexibility index (Phi) is 9.56. The number of para-hydroxylation sites is 1. The molecule has 1 aliphatic rings. The molecule has 0 aliphatic carbocycles. The number of fused-ring (bicyclic) bond motifs is 1. The normalized spacial score (nSPS) is 18.0. The molecule has 0 bridgehead atoms. The number of aliphatic hydroxyl groups is 1. The van der Waals surface area contributed by atoms with E-state index in [2.05, 4.69) is 15.6 Å². The summed E-state index contributed by atoms with van der Waals surface area (Å²) in [7, 11) is 0. The fourth-order valence-corrected chi connectivity index (χ4v) is 5.05. The van der Waals surface area contributed by atoms with Crippen LogP contribution in [0.1, 0.15) is 35.3 Å². The van der Waals surface area contributed by atoms with Gasteiger partial charge in [-0.05, 0) is 43.5 Å². The highest BCUT2D eigenvalue weighted by molar-refractivity contribution is 5.99. The smallest absolute Gasteiger partial charge is 0.390 e. The van der Waals surface area contributed by atoms with Gasteiger partial charge in [-0.25, -0.2) is 4.98 Å². The van der Waals surface area contributed by atoms with Gasteiger partial charge in [0, 0.05) is 11.9 Å². The Morgan fingerprint density at radius 1 is 1.02 bits per heavy atom. The summed E-state index contributed by atoms with van der Waals surface area (Å²) in [6.45, 7) is -0.165. The first-order valence-electron chi connectivity index (χ1n) is 13.3. The number of carbonyl (C=O) groups excluding carboxylic acids is 3. The summed E-state index contributed by atoms with van der Waals surface area (Å²) in [5.74, 6) is -2.39. The molecule has 5 N–H and O–H groups in total. The molecule has 0 radical (unpaired) electrons. The molecule has 0 saturated carbocycles. The lowest BCUT2D eigenvalue weighted by Crippen LogP contribution is -2.56. The van der Waals surface area contributed by atoms with Crippen molar-refractivity contribution in [2.75, 3.05) is 13.1 Å². The number of benzene rings is 2. The molecule has 4 rings (SSSR count). The highest BCUT2D eigenvalue weighted by Crippen LogP contribution is 2.32. The predicted molar refractivity (Wildman–Crippen MR) is 146 cm³/mol. The lowest BCUT2D eigenvalue weighted by Gasteiger charge is -2.32. The van der Waals surface area contributed by atoms with Gasteiger partial charge in [0.15, 0.2) is 0 Å². The maximum Gasteiger partial charge on any atom is 0.404 e. The van der Waals surface area contributed by atoms with Crippen molar-refractivity contribution < 1.29 is 32.7 Å². The summed E-state index contributed by atoms with van der Waals surface area (Å²) in [4.78, 5) is 43.6. The van der Waals surface area contributed by atoms with Crippen molar-refractivity contribution in [3.8, 4) is 0 Å². The van der Waals surface area contributed by atoms with Gasteiger partial charge in [0.1, 0.15) is 17.8 Å². The highest BCUT2D eigenvalue weighted by atomic mass is 19.4. The Morgan fingerprint density at radius 3 is 2.44 bits per heavy atom. The number of hydrogen-bond acceptors (Lipinski definition) is 6. The van der Waals surface area contributed by atoms with Crippen molar-refractivity contribution in [3.05, 3.63) is 78.0 Å². The van der Waals surface area contributed by atoms with E-state index >= 15 is 0 Å². The number of amides is 3. The van der Waals surface area contributed by atoms with E-state index in [0.29, 0.717) is 11.9 Å². The molecule has 3 aromatic rings. The molecule has 3 amide bonds. The average molecular weight is 572 g/mol. The molecule has 41 heavy (non-hydrogen) atoms. The van der Waals surface area contributed by atoms with Crippen molar-refractivity contribution in [2.24, 2.45) is 5.73 Å². The highest BCUT2D eigenvalue weighted by Gasteiger charge is 2.46. The average Bonchev–Trinajstić information content (AvgIpc) is 3.41. The molecule has 4 atom stereocenters. The third kappa shape index (κ3) is 8.01. The lowest BCUT2D eigenvalue weighted by molar-refractivity contribution is -0.178. The maximum atomic E-state index is 13.5. The van der Waals surface area contributed by atoms with Crippen LogP contribution in [-0.2, 0) is 16.0 Å². The SMILES string of the molecule is NC(=O)C[C@H](NC(=O)c1ccc2ccccc2n1)C(=O)N[C@@H](Cc1ccccc1)[C@@H](O)CN1CCC[C@H]1C(F)(F)F. The van der Waals surface area contributed by atoms with Gasteiger partial charge < -0.3 is 21.5 Å². The van der Waals surface area contributed by atoms with Crippen molar-refractivity contribution in [3.63, 3.8) is 0 Å². The van der Waals surface area contributed by atoms with Crippen LogP contribution in [-0.4, -0.2) is 76.2 Å². The van der Waals surface area contributed by atoms with Gasteiger partial charge in [0.25, 0.3) is 5.91 Å². The first-order valence-corrected chi connectivity index (χ1v) is 13.3. The number of primary amides is 1. The van der Waals surface area contributed by atoms with Crippen LogP contribution in [0, 0.1) is 0 Å². The molecule has 218 valence electrons. The number of β-amino-alcohol motifs (C(OH)–C–C–N with tert-alkyl or cyclic N) is 1. The van der Waals surface area contributed by atoms with Gasteiger partial charge in [-0.15, -0.1) is 0 Å². The molecule has 1 saturated heterocycles. The fourth-order valence-electron chi connectivity index (χ4n) is 5.05. The number of hydrogen-bond donors (Lipinski definition) is 4. The van der Waals surface area contributed by atoms with Crippen molar-refractivity contribution >= 4 is 28.6 Å². The van der Waals surface area contributed by atoms with E-state index in [1.807, 2.05) is 12.1 Å². The fraction of sp³-hybridized carbons (Fsp3) is 0.379. The molecule has 9 nitrogen and oxygen atoms in total. The number of aliphatic hydroxyl groups excluding tert-OH is 1. The van der Waals surface area contributed by atoms with Crippen LogP contribution in [0.4, 0.5) is 13.2 Å². The number of nitrogens with one attached hydrogen (secondary N) is 2. The molecule has 2 heterocycles. The van der Waals surface area contributed by atoms with Gasteiger partial charge in [0.05, 0.1) is 24.1 Å². The minimum absolute atomic E-state index is 0.0130. The molecule has 0 spiro atoms. The van der Waals surface area contributed by atoms with E-state index < -0.39 is 54.5 Å². The molecule has 1 fully saturated rings. The minimum atomic E-state index is -4.44. The van der Waals surface area contributed by atoms with Gasteiger partial charge in [0.2, 0.25) is 11.8 Å². The van der Waals surface area contributed by atoms with Crippen LogP contribution < -0.4 is 16.4 Å². The number of pyridine rings is 1. The van der Waals surface area contributed by atoms with E-state index in [-0.39, 0.29) is 31.6 Å². The van der Waals surface area contributed by atoms with E-state index in [4.69, 9.17) is 5.73 Å². The second kappa shape index (κ2) is 13.1. The van der Waals surface area contributed by atoms with Crippen LogP contribution >= 0.6 is 0 Å². The molecular weight excluding hydrogens is 539 g/mol. The van der Waals surface area contributed by atoms with Crippen LogP contribution in [0.2, 0.25) is 0 Å². The van der Waals surface area contributed by atoms with Crippen LogP contribution in [0.25, 0.3) is 10.9 Å². The number of nitrogens with two attached hydrogens (primary N) is 1. The molecule has 1 aliphatic heterocycles. The second-order valence-corrected chi connectivity index (χ2v) is 10.2. The van der Waals surface area contributed by atoms with Gasteiger partial charge in [-0.1, -0.05) is 54.6 Å². The molecule has 1 aromatic heterocycles. The molecular formula is C29H32F3N5O4. The summed E-state index contributed by atoms with van der Waals surface area (Å²) in [6.07, 6.45) is -6.00. The summed E-state index contributed by atoms with van der Waals surface area (Å²) in [5.41, 5.74) is 6.64. The number of alkyl halides is 3. The van der Waals surface area contributed by atoms with Gasteiger partial charge in [-0.2, -0.15) is 13.2 Å². The van der Waals surface area contributed by atoms with Crippen LogP contribution in [0.15, 0.2) is 66.7 Å². The third-order valence-corrected chi connectivity index (χ3v) is 7.11. The number of likely N-dealkylation sites (tertiary alicyclic amines) is 1. The second-order valence-electron chi connectivity index (χ2n) is 10.2. The van der Waals surface area contributed by atoms with E-state index in [9.17, 15) is 32.7 Å².